The molecule has 0 aliphatic carbocycles. The van der Waals surface area contributed by atoms with Gasteiger partial charge >= 0.3 is 5.97 Å². The molecule has 2 aromatic carbocycles. The van der Waals surface area contributed by atoms with Gasteiger partial charge in [-0.2, -0.15) is 0 Å². The van der Waals surface area contributed by atoms with E-state index < -0.39 is 24.5 Å². The van der Waals surface area contributed by atoms with Crippen LogP contribution in [0.25, 0.3) is 0 Å². The normalized spacial score (nSPS) is 11.4. The fourth-order valence-corrected chi connectivity index (χ4v) is 3.20. The molecular weight excluding hydrogens is 421 g/mol. The summed E-state index contributed by atoms with van der Waals surface area (Å²) in [5, 5.41) is 3.64. The van der Waals surface area contributed by atoms with E-state index in [9.17, 15) is 9.59 Å². The van der Waals surface area contributed by atoms with E-state index in [-0.39, 0.29) is 5.56 Å². The first-order valence-electron chi connectivity index (χ1n) is 8.52. The smallest absolute Gasteiger partial charge is 0.338 e. The van der Waals surface area contributed by atoms with Crippen molar-refractivity contribution >= 4 is 35.1 Å². The summed E-state index contributed by atoms with van der Waals surface area (Å²) in [5.41, 5.74) is 0.849. The summed E-state index contributed by atoms with van der Waals surface area (Å²) in [6, 6.07) is 7.47. The second kappa shape index (κ2) is 10.2. The van der Waals surface area contributed by atoms with Crippen LogP contribution in [0.3, 0.4) is 0 Å². The molecule has 7 nitrogen and oxygen atoms in total. The zero-order valence-electron chi connectivity index (χ0n) is 16.4. The highest BCUT2D eigenvalue weighted by atomic mass is 35.5. The highest BCUT2D eigenvalue weighted by Crippen LogP contribution is 2.38. The Hall–Kier alpha value is -2.64. The fraction of sp³-hybridized carbons (Fsp3) is 0.300. The van der Waals surface area contributed by atoms with Gasteiger partial charge in [0.15, 0.2) is 18.1 Å². The van der Waals surface area contributed by atoms with Gasteiger partial charge in [0.2, 0.25) is 5.75 Å². The maximum absolute atomic E-state index is 12.3. The van der Waals surface area contributed by atoms with Crippen molar-refractivity contribution < 1.29 is 28.5 Å². The van der Waals surface area contributed by atoms with Gasteiger partial charge in [-0.25, -0.2) is 4.79 Å². The molecule has 0 fully saturated rings. The highest BCUT2D eigenvalue weighted by Gasteiger charge is 2.19. The molecule has 0 spiro atoms. The Balaban J connectivity index is 2.02. The maximum atomic E-state index is 12.3. The third-order valence-electron chi connectivity index (χ3n) is 4.04. The Morgan fingerprint density at radius 1 is 1.00 bits per heavy atom. The van der Waals surface area contributed by atoms with Crippen molar-refractivity contribution in [3.63, 3.8) is 0 Å². The molecule has 29 heavy (non-hydrogen) atoms. The van der Waals surface area contributed by atoms with Gasteiger partial charge in [0.25, 0.3) is 5.91 Å². The van der Waals surface area contributed by atoms with Crippen LogP contribution in [0.15, 0.2) is 30.3 Å². The molecule has 2 rings (SSSR count). The van der Waals surface area contributed by atoms with Crippen molar-refractivity contribution in [1.82, 2.24) is 5.32 Å². The lowest BCUT2D eigenvalue weighted by molar-refractivity contribution is -0.124. The zero-order chi connectivity index (χ0) is 21.6. The minimum atomic E-state index is -0.711. The monoisotopic (exact) mass is 441 g/mol. The lowest BCUT2D eigenvalue weighted by Crippen LogP contribution is -2.31. The molecule has 0 aromatic heterocycles. The van der Waals surface area contributed by atoms with E-state index in [2.05, 4.69) is 5.32 Å². The largest absolute Gasteiger partial charge is 0.493 e. The van der Waals surface area contributed by atoms with Crippen molar-refractivity contribution in [1.29, 1.82) is 0 Å². The van der Waals surface area contributed by atoms with Crippen molar-refractivity contribution in [2.75, 3.05) is 27.9 Å². The minimum absolute atomic E-state index is 0.154. The second-order valence-electron chi connectivity index (χ2n) is 5.95. The molecule has 156 valence electrons. The number of esters is 1. The number of ether oxygens (including phenoxy) is 4. The Morgan fingerprint density at radius 3 is 2.14 bits per heavy atom. The first-order valence-corrected chi connectivity index (χ1v) is 9.27. The van der Waals surface area contributed by atoms with Gasteiger partial charge in [-0.15, -0.1) is 0 Å². The molecule has 0 radical (unpaired) electrons. The molecule has 1 amide bonds. The van der Waals surface area contributed by atoms with E-state index in [0.717, 1.165) is 0 Å². The van der Waals surface area contributed by atoms with Crippen LogP contribution in [0, 0.1) is 0 Å². The van der Waals surface area contributed by atoms with Crippen LogP contribution in [-0.2, 0) is 9.53 Å². The maximum Gasteiger partial charge on any atom is 0.338 e. The first-order chi connectivity index (χ1) is 13.8. The topological polar surface area (TPSA) is 83.1 Å². The van der Waals surface area contributed by atoms with Crippen LogP contribution in [0.1, 0.15) is 28.9 Å². The number of hydrogen-bond acceptors (Lipinski definition) is 6. The van der Waals surface area contributed by atoms with E-state index in [0.29, 0.717) is 32.9 Å². The van der Waals surface area contributed by atoms with Gasteiger partial charge in [0.1, 0.15) is 0 Å². The van der Waals surface area contributed by atoms with Gasteiger partial charge in [0, 0.05) is 10.0 Å². The SMILES string of the molecule is COc1cc(C(=O)OCC(=O)NC(C)c2ccc(Cl)cc2Cl)cc(OC)c1OC. The molecule has 0 aliphatic heterocycles. The van der Waals surface area contributed by atoms with Crippen molar-refractivity contribution in [2.24, 2.45) is 0 Å². The van der Waals surface area contributed by atoms with Crippen LogP contribution in [0.2, 0.25) is 10.0 Å². The third kappa shape index (κ3) is 5.68. The zero-order valence-corrected chi connectivity index (χ0v) is 17.9. The van der Waals surface area contributed by atoms with Crippen LogP contribution >= 0.6 is 23.2 Å². The van der Waals surface area contributed by atoms with Crippen molar-refractivity contribution in [2.45, 2.75) is 13.0 Å². The van der Waals surface area contributed by atoms with Crippen LogP contribution in [0.5, 0.6) is 17.2 Å². The predicted octanol–water partition coefficient (Wildman–Crippen LogP) is 4.05. The number of halogens is 2. The number of benzene rings is 2. The summed E-state index contributed by atoms with van der Waals surface area (Å²) in [7, 11) is 4.32. The molecule has 0 aliphatic rings. The fourth-order valence-electron chi connectivity index (χ4n) is 2.63. The number of rotatable bonds is 8. The molecule has 0 bridgehead atoms. The summed E-state index contributed by atoms with van der Waals surface area (Å²) in [6.07, 6.45) is 0. The average Bonchev–Trinajstić information content (AvgIpc) is 2.70. The van der Waals surface area contributed by atoms with E-state index >= 15 is 0 Å². The summed E-state index contributed by atoms with van der Waals surface area (Å²) >= 11 is 12.0. The van der Waals surface area contributed by atoms with E-state index in [4.69, 9.17) is 42.1 Å². The van der Waals surface area contributed by atoms with Gasteiger partial charge in [-0.3, -0.25) is 4.79 Å². The molecule has 2 aromatic rings. The number of carbonyl (C=O) groups excluding carboxylic acids is 2. The number of carbonyl (C=O) groups is 2. The number of hydrogen-bond donors (Lipinski definition) is 1. The van der Waals surface area contributed by atoms with E-state index in [1.165, 1.54) is 33.5 Å². The third-order valence-corrected chi connectivity index (χ3v) is 4.60. The van der Waals surface area contributed by atoms with Gasteiger partial charge in [-0.1, -0.05) is 29.3 Å². The quantitative estimate of drug-likeness (QED) is 0.621. The summed E-state index contributed by atoms with van der Waals surface area (Å²) in [6.45, 7) is 1.29. The number of nitrogens with one attached hydrogen (secondary N) is 1. The summed E-state index contributed by atoms with van der Waals surface area (Å²) in [5.74, 6) is -0.248. The van der Waals surface area contributed by atoms with Crippen LogP contribution in [0.4, 0.5) is 0 Å². The molecule has 9 heteroatoms. The van der Waals surface area contributed by atoms with Gasteiger partial charge in [-0.05, 0) is 36.8 Å². The molecule has 0 saturated heterocycles. The Morgan fingerprint density at radius 2 is 1.62 bits per heavy atom. The van der Waals surface area contributed by atoms with Crippen molar-refractivity contribution in [3.8, 4) is 17.2 Å². The van der Waals surface area contributed by atoms with Crippen LogP contribution in [-0.4, -0.2) is 39.8 Å². The molecular formula is C20H21Cl2NO6. The number of amides is 1. The van der Waals surface area contributed by atoms with Gasteiger partial charge in [0.05, 0.1) is 32.9 Å². The molecule has 1 N–H and O–H groups in total. The standard InChI is InChI=1S/C20H21Cl2NO6/c1-11(14-6-5-13(21)9-15(14)22)23-18(24)10-29-20(25)12-7-16(26-2)19(28-4)17(8-12)27-3/h5-9,11H,10H2,1-4H3,(H,23,24). The van der Waals surface area contributed by atoms with E-state index in [1.54, 1.807) is 25.1 Å². The van der Waals surface area contributed by atoms with E-state index in [1.807, 2.05) is 0 Å². The Labute approximate surface area is 178 Å². The molecule has 1 unspecified atom stereocenters. The number of methoxy groups -OCH3 is 3. The minimum Gasteiger partial charge on any atom is -0.493 e. The average molecular weight is 442 g/mol. The summed E-state index contributed by atoms with van der Waals surface area (Å²) < 4.78 is 20.7. The van der Waals surface area contributed by atoms with Gasteiger partial charge < -0.3 is 24.3 Å². The second-order valence-corrected chi connectivity index (χ2v) is 6.79. The highest BCUT2D eigenvalue weighted by molar-refractivity contribution is 6.35. The van der Waals surface area contributed by atoms with Crippen molar-refractivity contribution in [3.05, 3.63) is 51.5 Å². The lowest BCUT2D eigenvalue weighted by atomic mass is 10.1. The Kier molecular flexibility index (Phi) is 7.99. The first kappa shape index (κ1) is 22.6. The Bertz CT molecular complexity index is 878. The molecule has 0 heterocycles. The molecule has 0 saturated carbocycles. The molecule has 1 atom stereocenters. The van der Waals surface area contributed by atoms with Crippen LogP contribution < -0.4 is 19.5 Å². The summed E-state index contributed by atoms with van der Waals surface area (Å²) in [4.78, 5) is 24.5. The predicted molar refractivity (Wildman–Crippen MR) is 109 cm³/mol. The lowest BCUT2D eigenvalue weighted by Gasteiger charge is -2.16.